The van der Waals surface area contributed by atoms with Gasteiger partial charge in [-0.3, -0.25) is 13.9 Å². The number of allylic oxidation sites excluding steroid dienone is 2. The van der Waals surface area contributed by atoms with Gasteiger partial charge in [0.2, 0.25) is 0 Å². The number of hydrogen-bond acceptors (Lipinski definition) is 5. The molecule has 166 valence electrons. The largest absolute Gasteiger partial charge is 0.387 e. The van der Waals surface area contributed by atoms with Crippen LogP contribution in [0, 0.1) is 0 Å². The van der Waals surface area contributed by atoms with Crippen LogP contribution in [0.3, 0.4) is 0 Å². The van der Waals surface area contributed by atoms with Crippen molar-refractivity contribution in [3.63, 3.8) is 0 Å². The standard InChI is InChI=1S/C23H31N5O3/c1-5-6-13-18-25-21-19(22(30)27(4)23(31)26(21)3)28(18)15-10-14-24-16(2)20(29)17-11-8-7-9-12-17/h5-9,11-12,16,20,24,29H,10,13-15H2,1-4H3/b6-5+. The molecule has 1 aromatic carbocycles. The van der Waals surface area contributed by atoms with E-state index >= 15 is 0 Å². The molecule has 8 nitrogen and oxygen atoms in total. The normalized spacial score (nSPS) is 13.8. The van der Waals surface area contributed by atoms with Crippen molar-refractivity contribution in [3.8, 4) is 0 Å². The van der Waals surface area contributed by atoms with Crippen molar-refractivity contribution < 1.29 is 5.11 Å². The van der Waals surface area contributed by atoms with E-state index in [1.54, 1.807) is 7.05 Å². The van der Waals surface area contributed by atoms with Gasteiger partial charge in [0.25, 0.3) is 5.56 Å². The number of imidazole rings is 1. The number of aliphatic hydroxyl groups excluding tert-OH is 1. The molecule has 8 heteroatoms. The summed E-state index contributed by atoms with van der Waals surface area (Å²) in [5.74, 6) is 0.753. The summed E-state index contributed by atoms with van der Waals surface area (Å²) in [4.78, 5) is 29.7. The molecular formula is C23H31N5O3. The van der Waals surface area contributed by atoms with Crippen molar-refractivity contribution in [2.24, 2.45) is 14.1 Å². The average Bonchev–Trinajstić information content (AvgIpc) is 3.16. The first-order valence-corrected chi connectivity index (χ1v) is 10.6. The number of aromatic nitrogens is 4. The second-order valence-corrected chi connectivity index (χ2v) is 7.78. The SMILES string of the molecule is C/C=C/Cc1nc2c(c(=O)n(C)c(=O)n2C)n1CCCNC(C)C(O)c1ccccc1. The van der Waals surface area contributed by atoms with Gasteiger partial charge in [0, 0.05) is 33.1 Å². The first kappa shape index (κ1) is 22.7. The summed E-state index contributed by atoms with van der Waals surface area (Å²) >= 11 is 0. The number of nitrogens with one attached hydrogen (secondary N) is 1. The average molecular weight is 426 g/mol. The van der Waals surface area contributed by atoms with Crippen molar-refractivity contribution in [2.75, 3.05) is 6.54 Å². The Morgan fingerprint density at radius 2 is 1.87 bits per heavy atom. The van der Waals surface area contributed by atoms with E-state index in [1.807, 2.05) is 60.9 Å². The molecule has 2 N–H and O–H groups in total. The predicted molar refractivity (Wildman–Crippen MR) is 122 cm³/mol. The first-order chi connectivity index (χ1) is 14.9. The van der Waals surface area contributed by atoms with Crippen LogP contribution in [0.4, 0.5) is 0 Å². The van der Waals surface area contributed by atoms with Crippen LogP contribution in [0.1, 0.15) is 37.8 Å². The van der Waals surface area contributed by atoms with Crippen LogP contribution in [0.5, 0.6) is 0 Å². The molecule has 2 unspecified atom stereocenters. The van der Waals surface area contributed by atoms with Gasteiger partial charge in [0.1, 0.15) is 5.82 Å². The fraction of sp³-hybridized carbons (Fsp3) is 0.435. The molecule has 0 saturated carbocycles. The van der Waals surface area contributed by atoms with E-state index in [2.05, 4.69) is 10.3 Å². The molecule has 2 atom stereocenters. The Bertz CT molecular complexity index is 1170. The van der Waals surface area contributed by atoms with Crippen LogP contribution in [-0.2, 0) is 27.1 Å². The number of aryl methyl sites for hydroxylation is 2. The topological polar surface area (TPSA) is 94.1 Å². The third-order valence-electron chi connectivity index (χ3n) is 5.60. The van der Waals surface area contributed by atoms with E-state index in [4.69, 9.17) is 0 Å². The summed E-state index contributed by atoms with van der Waals surface area (Å²) in [6.45, 7) is 5.14. The van der Waals surface area contributed by atoms with Gasteiger partial charge in [0.15, 0.2) is 11.2 Å². The highest BCUT2D eigenvalue weighted by Crippen LogP contribution is 2.16. The Morgan fingerprint density at radius 3 is 2.55 bits per heavy atom. The van der Waals surface area contributed by atoms with Crippen molar-refractivity contribution >= 4 is 11.2 Å². The molecule has 0 spiro atoms. The van der Waals surface area contributed by atoms with E-state index in [9.17, 15) is 14.7 Å². The Hall–Kier alpha value is -2.97. The number of benzene rings is 1. The summed E-state index contributed by atoms with van der Waals surface area (Å²) < 4.78 is 4.45. The lowest BCUT2D eigenvalue weighted by Crippen LogP contribution is -2.37. The molecule has 31 heavy (non-hydrogen) atoms. The van der Waals surface area contributed by atoms with Gasteiger partial charge < -0.3 is 15.0 Å². The second kappa shape index (κ2) is 9.89. The van der Waals surface area contributed by atoms with E-state index in [-0.39, 0.29) is 17.3 Å². The highest BCUT2D eigenvalue weighted by molar-refractivity contribution is 5.71. The van der Waals surface area contributed by atoms with Crippen LogP contribution in [0.25, 0.3) is 11.2 Å². The summed E-state index contributed by atoms with van der Waals surface area (Å²) in [6.07, 6.45) is 4.65. The second-order valence-electron chi connectivity index (χ2n) is 7.78. The van der Waals surface area contributed by atoms with Crippen LogP contribution in [-0.4, -0.2) is 36.4 Å². The maximum Gasteiger partial charge on any atom is 0.332 e. The fourth-order valence-electron chi connectivity index (χ4n) is 3.73. The number of nitrogens with zero attached hydrogens (tertiary/aromatic N) is 4. The van der Waals surface area contributed by atoms with Gasteiger partial charge >= 0.3 is 5.69 Å². The maximum atomic E-state index is 12.8. The predicted octanol–water partition coefficient (Wildman–Crippen LogP) is 1.65. The number of fused-ring (bicyclic) bond motifs is 1. The minimum absolute atomic E-state index is 0.113. The Kier molecular flexibility index (Phi) is 7.25. The van der Waals surface area contributed by atoms with Gasteiger partial charge in [-0.1, -0.05) is 42.5 Å². The molecule has 0 aliphatic carbocycles. The van der Waals surface area contributed by atoms with Crippen molar-refractivity contribution in [3.05, 3.63) is 74.7 Å². The minimum atomic E-state index is -0.595. The van der Waals surface area contributed by atoms with Gasteiger partial charge in [-0.2, -0.15) is 0 Å². The third kappa shape index (κ3) is 4.70. The number of rotatable bonds is 9. The van der Waals surface area contributed by atoms with Gasteiger partial charge in [0.05, 0.1) is 6.10 Å². The molecule has 2 aromatic heterocycles. The highest BCUT2D eigenvalue weighted by atomic mass is 16.3. The zero-order valence-electron chi connectivity index (χ0n) is 18.6. The molecule has 0 amide bonds. The Balaban J connectivity index is 1.77. The summed E-state index contributed by atoms with van der Waals surface area (Å²) in [5.41, 5.74) is 1.01. The van der Waals surface area contributed by atoms with Crippen molar-refractivity contribution in [1.29, 1.82) is 0 Å². The Morgan fingerprint density at radius 1 is 1.16 bits per heavy atom. The fourth-order valence-corrected chi connectivity index (χ4v) is 3.73. The summed E-state index contributed by atoms with van der Waals surface area (Å²) in [6, 6.07) is 9.46. The zero-order chi connectivity index (χ0) is 22.5. The first-order valence-electron chi connectivity index (χ1n) is 10.6. The molecule has 0 fully saturated rings. The molecule has 3 rings (SSSR count). The lowest BCUT2D eigenvalue weighted by Gasteiger charge is -2.21. The molecule has 0 saturated heterocycles. The molecule has 2 heterocycles. The monoisotopic (exact) mass is 425 g/mol. The van der Waals surface area contributed by atoms with Gasteiger partial charge in [-0.15, -0.1) is 0 Å². The highest BCUT2D eigenvalue weighted by Gasteiger charge is 2.19. The quantitative estimate of drug-likeness (QED) is 0.402. The van der Waals surface area contributed by atoms with Crippen LogP contribution in [0.15, 0.2) is 52.1 Å². The van der Waals surface area contributed by atoms with Crippen molar-refractivity contribution in [2.45, 2.75) is 45.4 Å². The van der Waals surface area contributed by atoms with Gasteiger partial charge in [-0.25, -0.2) is 9.78 Å². The third-order valence-corrected chi connectivity index (χ3v) is 5.60. The number of aliphatic hydroxyl groups is 1. The summed E-state index contributed by atoms with van der Waals surface area (Å²) in [5, 5.41) is 13.9. The molecular weight excluding hydrogens is 394 g/mol. The van der Waals surface area contributed by atoms with Crippen LogP contribution in [0.2, 0.25) is 0 Å². The smallest absolute Gasteiger partial charge is 0.332 e. The molecule has 0 radical (unpaired) electrons. The van der Waals surface area contributed by atoms with E-state index in [0.717, 1.165) is 22.4 Å². The minimum Gasteiger partial charge on any atom is -0.387 e. The molecule has 0 aliphatic heterocycles. The summed E-state index contributed by atoms with van der Waals surface area (Å²) in [7, 11) is 3.12. The zero-order valence-corrected chi connectivity index (χ0v) is 18.6. The van der Waals surface area contributed by atoms with Crippen LogP contribution >= 0.6 is 0 Å². The van der Waals surface area contributed by atoms with E-state index in [1.165, 1.54) is 11.6 Å². The van der Waals surface area contributed by atoms with E-state index in [0.29, 0.717) is 30.7 Å². The van der Waals surface area contributed by atoms with Gasteiger partial charge in [-0.05, 0) is 32.4 Å². The number of hydrogen-bond donors (Lipinski definition) is 2. The lowest BCUT2D eigenvalue weighted by molar-refractivity contribution is 0.136. The molecule has 0 bridgehead atoms. The Labute approximate surface area is 181 Å². The van der Waals surface area contributed by atoms with E-state index < -0.39 is 6.10 Å². The lowest BCUT2D eigenvalue weighted by atomic mass is 10.0. The van der Waals surface area contributed by atoms with Crippen LogP contribution < -0.4 is 16.6 Å². The molecule has 0 aliphatic rings. The van der Waals surface area contributed by atoms with Crippen molar-refractivity contribution in [1.82, 2.24) is 24.0 Å². The maximum absolute atomic E-state index is 12.8. The molecule has 3 aromatic rings.